The number of nitriles is 1. The quantitative estimate of drug-likeness (QED) is 0.704. The Labute approximate surface area is 145 Å². The molecular formula is C19H17N3O3. The van der Waals surface area contributed by atoms with Gasteiger partial charge in [-0.2, -0.15) is 5.26 Å². The first-order valence-corrected chi connectivity index (χ1v) is 7.59. The van der Waals surface area contributed by atoms with Crippen LogP contribution >= 0.6 is 0 Å². The van der Waals surface area contributed by atoms with E-state index in [1.165, 1.54) is 6.20 Å². The number of nitrogens with zero attached hydrogens (tertiary/aromatic N) is 2. The molecule has 6 heteroatoms. The zero-order chi connectivity index (χ0) is 18.0. The van der Waals surface area contributed by atoms with Crippen LogP contribution in [0.15, 0.2) is 36.5 Å². The first-order valence-electron chi connectivity index (χ1n) is 7.59. The molecule has 0 amide bonds. The van der Waals surface area contributed by atoms with Crippen molar-refractivity contribution in [3.63, 3.8) is 0 Å². The van der Waals surface area contributed by atoms with E-state index < -0.39 is 0 Å². The third kappa shape index (κ3) is 2.88. The van der Waals surface area contributed by atoms with Gasteiger partial charge in [0.15, 0.2) is 11.5 Å². The molecule has 0 aliphatic heterocycles. The number of methoxy groups -OCH3 is 2. The summed E-state index contributed by atoms with van der Waals surface area (Å²) in [5.74, 6) is 1.27. The van der Waals surface area contributed by atoms with Crippen molar-refractivity contribution in [1.82, 2.24) is 4.98 Å². The van der Waals surface area contributed by atoms with E-state index in [1.54, 1.807) is 38.5 Å². The summed E-state index contributed by atoms with van der Waals surface area (Å²) >= 11 is 0. The molecule has 0 radical (unpaired) electrons. The second-order valence-corrected chi connectivity index (χ2v) is 5.48. The predicted octanol–water partition coefficient (Wildman–Crippen LogP) is 3.88. The number of hydrogen-bond acceptors (Lipinski definition) is 6. The van der Waals surface area contributed by atoms with Gasteiger partial charge in [0.2, 0.25) is 0 Å². The van der Waals surface area contributed by atoms with Crippen molar-refractivity contribution in [3.8, 4) is 23.3 Å². The van der Waals surface area contributed by atoms with Crippen molar-refractivity contribution < 1.29 is 14.6 Å². The van der Waals surface area contributed by atoms with Gasteiger partial charge in [0.25, 0.3) is 0 Å². The molecule has 2 aromatic carbocycles. The van der Waals surface area contributed by atoms with E-state index in [0.29, 0.717) is 28.3 Å². The Balaban J connectivity index is 2.23. The number of rotatable bonds is 4. The molecule has 0 saturated carbocycles. The van der Waals surface area contributed by atoms with Crippen molar-refractivity contribution in [1.29, 1.82) is 5.26 Å². The van der Waals surface area contributed by atoms with E-state index in [2.05, 4.69) is 16.4 Å². The van der Waals surface area contributed by atoms with Gasteiger partial charge in [-0.05, 0) is 42.8 Å². The van der Waals surface area contributed by atoms with E-state index in [9.17, 15) is 10.4 Å². The maximum absolute atomic E-state index is 9.58. The van der Waals surface area contributed by atoms with Crippen LogP contribution in [0.2, 0.25) is 0 Å². The Morgan fingerprint density at radius 2 is 1.96 bits per heavy atom. The minimum absolute atomic E-state index is 0.189. The number of nitrogens with one attached hydrogen (secondary N) is 1. The summed E-state index contributed by atoms with van der Waals surface area (Å²) in [6, 6.07) is 10.8. The standard InChI is InChI=1S/C19H17N3O3/c1-11-8-13(23)4-6-15(11)22-17-12(9-20)10-21-18-14(17)5-7-16(24-2)19(18)25-3/h4-8,10,23H,1-3H3,(H,21,22). The molecule has 0 aliphatic rings. The van der Waals surface area contributed by atoms with Gasteiger partial charge in [-0.1, -0.05) is 0 Å². The van der Waals surface area contributed by atoms with E-state index in [0.717, 1.165) is 16.6 Å². The lowest BCUT2D eigenvalue weighted by Gasteiger charge is -2.16. The largest absolute Gasteiger partial charge is 0.508 e. The number of aromatic nitrogens is 1. The smallest absolute Gasteiger partial charge is 0.187 e. The first kappa shape index (κ1) is 16.4. The summed E-state index contributed by atoms with van der Waals surface area (Å²) in [5.41, 5.74) is 3.28. The fourth-order valence-corrected chi connectivity index (χ4v) is 2.72. The molecule has 1 heterocycles. The van der Waals surface area contributed by atoms with Crippen LogP contribution in [-0.4, -0.2) is 24.3 Å². The summed E-state index contributed by atoms with van der Waals surface area (Å²) in [6.07, 6.45) is 1.50. The van der Waals surface area contributed by atoms with Crippen LogP contribution in [0.25, 0.3) is 10.9 Å². The molecule has 0 spiro atoms. The van der Waals surface area contributed by atoms with E-state index in [4.69, 9.17) is 9.47 Å². The monoisotopic (exact) mass is 335 g/mol. The van der Waals surface area contributed by atoms with Gasteiger partial charge >= 0.3 is 0 Å². The molecule has 2 N–H and O–H groups in total. The molecule has 0 bridgehead atoms. The lowest BCUT2D eigenvalue weighted by molar-refractivity contribution is 0.358. The topological polar surface area (TPSA) is 87.4 Å². The molecule has 126 valence electrons. The van der Waals surface area contributed by atoms with Crippen molar-refractivity contribution in [2.45, 2.75) is 6.92 Å². The molecule has 1 aromatic heterocycles. The fourth-order valence-electron chi connectivity index (χ4n) is 2.72. The van der Waals surface area contributed by atoms with Crippen molar-refractivity contribution in [3.05, 3.63) is 47.7 Å². The number of phenols is 1. The third-order valence-electron chi connectivity index (χ3n) is 3.97. The Hall–Kier alpha value is -3.46. The average molecular weight is 335 g/mol. The summed E-state index contributed by atoms with van der Waals surface area (Å²) < 4.78 is 10.7. The van der Waals surface area contributed by atoms with Crippen LogP contribution in [0, 0.1) is 18.3 Å². The Morgan fingerprint density at radius 1 is 1.16 bits per heavy atom. The maximum atomic E-state index is 9.58. The SMILES string of the molecule is COc1ccc2c(Nc3ccc(O)cc3C)c(C#N)cnc2c1OC. The summed E-state index contributed by atoms with van der Waals surface area (Å²) in [4.78, 5) is 4.36. The molecule has 25 heavy (non-hydrogen) atoms. The average Bonchev–Trinajstić information content (AvgIpc) is 2.62. The van der Waals surface area contributed by atoms with Crippen LogP contribution < -0.4 is 14.8 Å². The molecule has 0 atom stereocenters. The van der Waals surface area contributed by atoms with Crippen LogP contribution in [-0.2, 0) is 0 Å². The fraction of sp³-hybridized carbons (Fsp3) is 0.158. The predicted molar refractivity (Wildman–Crippen MR) is 95.7 cm³/mol. The molecule has 3 aromatic rings. The number of pyridine rings is 1. The minimum Gasteiger partial charge on any atom is -0.508 e. The number of phenolic OH excluding ortho intramolecular Hbond substituents is 1. The van der Waals surface area contributed by atoms with Crippen LogP contribution in [0.1, 0.15) is 11.1 Å². The molecule has 0 aliphatic carbocycles. The van der Waals surface area contributed by atoms with Gasteiger partial charge in [-0.25, -0.2) is 0 Å². The van der Waals surface area contributed by atoms with Crippen molar-refractivity contribution in [2.75, 3.05) is 19.5 Å². The normalized spacial score (nSPS) is 10.3. The highest BCUT2D eigenvalue weighted by molar-refractivity contribution is 6.00. The summed E-state index contributed by atoms with van der Waals surface area (Å²) in [7, 11) is 3.11. The Morgan fingerprint density at radius 3 is 2.60 bits per heavy atom. The number of aryl methyl sites for hydroxylation is 1. The summed E-state index contributed by atoms with van der Waals surface area (Å²) in [6.45, 7) is 1.88. The van der Waals surface area contributed by atoms with Gasteiger partial charge in [0.05, 0.1) is 25.5 Å². The number of benzene rings is 2. The lowest BCUT2D eigenvalue weighted by Crippen LogP contribution is -2.00. The lowest BCUT2D eigenvalue weighted by atomic mass is 10.1. The van der Waals surface area contributed by atoms with Gasteiger partial charge in [-0.3, -0.25) is 4.98 Å². The molecule has 6 nitrogen and oxygen atoms in total. The van der Waals surface area contributed by atoms with E-state index in [1.807, 2.05) is 13.0 Å². The number of hydrogen-bond donors (Lipinski definition) is 2. The second kappa shape index (κ2) is 6.57. The highest BCUT2D eigenvalue weighted by atomic mass is 16.5. The Kier molecular flexibility index (Phi) is 4.31. The zero-order valence-electron chi connectivity index (χ0n) is 14.1. The van der Waals surface area contributed by atoms with Crippen LogP contribution in [0.3, 0.4) is 0 Å². The number of fused-ring (bicyclic) bond motifs is 1. The van der Waals surface area contributed by atoms with E-state index in [-0.39, 0.29) is 5.75 Å². The molecule has 3 rings (SSSR count). The van der Waals surface area contributed by atoms with Crippen molar-refractivity contribution >= 4 is 22.3 Å². The number of ether oxygens (including phenoxy) is 2. The molecular weight excluding hydrogens is 318 g/mol. The first-order chi connectivity index (χ1) is 12.1. The summed E-state index contributed by atoms with van der Waals surface area (Å²) in [5, 5.41) is 23.1. The highest BCUT2D eigenvalue weighted by Crippen LogP contribution is 2.39. The van der Waals surface area contributed by atoms with Crippen molar-refractivity contribution in [2.24, 2.45) is 0 Å². The minimum atomic E-state index is 0.189. The van der Waals surface area contributed by atoms with Gasteiger partial charge < -0.3 is 19.9 Å². The van der Waals surface area contributed by atoms with Gasteiger partial charge in [0, 0.05) is 17.3 Å². The Bertz CT molecular complexity index is 993. The van der Waals surface area contributed by atoms with Gasteiger partial charge in [-0.15, -0.1) is 0 Å². The zero-order valence-corrected chi connectivity index (χ0v) is 14.1. The number of anilines is 2. The van der Waals surface area contributed by atoms with E-state index >= 15 is 0 Å². The second-order valence-electron chi connectivity index (χ2n) is 5.48. The molecule has 0 unspecified atom stereocenters. The van der Waals surface area contributed by atoms with Crippen LogP contribution in [0.5, 0.6) is 17.2 Å². The maximum Gasteiger partial charge on any atom is 0.187 e. The highest BCUT2D eigenvalue weighted by Gasteiger charge is 2.16. The molecule has 0 fully saturated rings. The number of aromatic hydroxyl groups is 1. The van der Waals surface area contributed by atoms with Gasteiger partial charge in [0.1, 0.15) is 17.3 Å². The third-order valence-corrected chi connectivity index (χ3v) is 3.97. The van der Waals surface area contributed by atoms with Crippen LogP contribution in [0.4, 0.5) is 11.4 Å². The molecule has 0 saturated heterocycles.